The van der Waals surface area contributed by atoms with Gasteiger partial charge in [0.2, 0.25) is 0 Å². The van der Waals surface area contributed by atoms with Crippen LogP contribution in [0.5, 0.6) is 0 Å². The topological polar surface area (TPSA) is 57.0 Å². The zero-order chi connectivity index (χ0) is 21.1. The Morgan fingerprint density at radius 1 is 0.893 bits per heavy atom. The first-order valence-corrected chi connectivity index (χ1v) is 10.3. The predicted octanol–water partition coefficient (Wildman–Crippen LogP) is 6.21. The van der Waals surface area contributed by atoms with Gasteiger partial charge in [0.15, 0.2) is 0 Å². The highest BCUT2D eigenvalue weighted by Crippen LogP contribution is 2.53. The molecule has 150 valence electrons. The van der Waals surface area contributed by atoms with Gasteiger partial charge in [0.05, 0.1) is 5.52 Å². The second-order valence-electron chi connectivity index (χ2n) is 7.08. The molecule has 0 unspecified atom stereocenters. The third-order valence-corrected chi connectivity index (χ3v) is 5.65. The summed E-state index contributed by atoms with van der Waals surface area (Å²) in [5, 5.41) is 2.74. The van der Waals surface area contributed by atoms with Gasteiger partial charge in [-0.15, -0.1) is 0 Å². The van der Waals surface area contributed by atoms with Gasteiger partial charge in [0.25, 0.3) is 0 Å². The first-order valence-electron chi connectivity index (χ1n) is 10.3. The fourth-order valence-corrected chi connectivity index (χ4v) is 4.57. The molecule has 0 radical (unpaired) electrons. The van der Waals surface area contributed by atoms with E-state index < -0.39 is 0 Å². The number of aryl methyl sites for hydroxylation is 1. The molecule has 4 N–H and O–H groups in total. The molecule has 1 heterocycles. The van der Waals surface area contributed by atoms with Crippen molar-refractivity contribution >= 4 is 27.4 Å². The second-order valence-corrected chi connectivity index (χ2v) is 7.08. The molecule has 0 amide bonds. The lowest BCUT2D eigenvalue weighted by molar-refractivity contribution is 0.655. The highest BCUT2D eigenvalue weighted by molar-refractivity contribution is 6.13. The van der Waals surface area contributed by atoms with E-state index >= 15 is 0 Å². The largest absolute Gasteiger partial charge is 0.343 e. The molecule has 0 aliphatic heterocycles. The van der Waals surface area contributed by atoms with Crippen LogP contribution in [-0.2, 0) is 12.5 Å². The zero-order valence-electron chi connectivity index (χ0n) is 18.4. The number of hydrogen-bond donors (Lipinski definition) is 2. The van der Waals surface area contributed by atoms with E-state index in [0.29, 0.717) is 0 Å². The van der Waals surface area contributed by atoms with Crippen LogP contribution in [0.15, 0.2) is 54.1 Å². The number of para-hydroxylation sites is 1. The molecule has 0 fully saturated rings. The summed E-state index contributed by atoms with van der Waals surface area (Å²) in [4.78, 5) is 0. The van der Waals surface area contributed by atoms with E-state index in [-0.39, 0.29) is 5.41 Å². The van der Waals surface area contributed by atoms with Crippen LogP contribution in [0.4, 0.5) is 0 Å². The third kappa shape index (κ3) is 2.99. The van der Waals surface area contributed by atoms with Crippen LogP contribution in [0.2, 0.25) is 0 Å². The summed E-state index contributed by atoms with van der Waals surface area (Å²) in [7, 11) is 2.21. The zero-order valence-corrected chi connectivity index (χ0v) is 18.4. The maximum atomic E-state index is 4.00. The molecule has 1 aromatic heterocycles. The van der Waals surface area contributed by atoms with E-state index in [1.807, 2.05) is 27.7 Å². The van der Waals surface area contributed by atoms with Gasteiger partial charge in [0.1, 0.15) is 0 Å². The Morgan fingerprint density at radius 3 is 2.21 bits per heavy atom. The molecule has 0 saturated heterocycles. The predicted molar refractivity (Wildman–Crippen MR) is 125 cm³/mol. The summed E-state index contributed by atoms with van der Waals surface area (Å²) < 4.78 is 2.38. The first-order chi connectivity index (χ1) is 13.6. The van der Waals surface area contributed by atoms with Crippen LogP contribution >= 0.6 is 0 Å². The molecule has 2 aromatic carbocycles. The molecule has 0 atom stereocenters. The Bertz CT molecular complexity index is 1030. The van der Waals surface area contributed by atoms with Gasteiger partial charge in [-0.05, 0) is 29.2 Å². The van der Waals surface area contributed by atoms with Crippen LogP contribution < -0.4 is 11.7 Å². The molecule has 0 spiro atoms. The Kier molecular flexibility index (Phi) is 6.87. The van der Waals surface area contributed by atoms with Crippen LogP contribution in [-0.4, -0.2) is 4.57 Å². The molecule has 3 aromatic rings. The molecule has 5 rings (SSSR count). The minimum atomic E-state index is 0.127. The monoisotopic (exact) mass is 377 g/mol. The molecule has 2 aliphatic rings. The van der Waals surface area contributed by atoms with E-state index in [2.05, 4.69) is 85.7 Å². The second kappa shape index (κ2) is 8.76. The minimum Gasteiger partial charge on any atom is -0.343 e. The van der Waals surface area contributed by atoms with Gasteiger partial charge < -0.3 is 4.57 Å². The molecular weight excluding hydrogens is 342 g/mol. The Morgan fingerprint density at radius 2 is 1.54 bits per heavy atom. The number of benzene rings is 2. The number of rotatable bonds is 0. The number of aromatic nitrogens is 1. The Labute approximate surface area is 169 Å². The van der Waals surface area contributed by atoms with Gasteiger partial charge in [-0.2, -0.15) is 0 Å². The van der Waals surface area contributed by atoms with Crippen molar-refractivity contribution < 1.29 is 0 Å². The van der Waals surface area contributed by atoms with Crippen LogP contribution in [0.25, 0.3) is 27.4 Å². The number of fused-ring (bicyclic) bond motifs is 6. The fourth-order valence-electron chi connectivity index (χ4n) is 4.57. The number of hydrazine groups is 1. The van der Waals surface area contributed by atoms with Gasteiger partial charge in [-0.25, -0.2) is 0 Å². The lowest BCUT2D eigenvalue weighted by atomic mass is 9.81. The van der Waals surface area contributed by atoms with Crippen molar-refractivity contribution in [1.82, 2.24) is 4.57 Å². The van der Waals surface area contributed by atoms with Crippen LogP contribution in [0.3, 0.4) is 0 Å². The van der Waals surface area contributed by atoms with E-state index in [0.717, 1.165) is 6.42 Å². The molecule has 3 nitrogen and oxygen atoms in total. The van der Waals surface area contributed by atoms with Gasteiger partial charge in [-0.1, -0.05) is 84.0 Å². The van der Waals surface area contributed by atoms with E-state index in [4.69, 9.17) is 0 Å². The lowest BCUT2D eigenvalue weighted by Gasteiger charge is -2.22. The average Bonchev–Trinajstić information content (AvgIpc) is 3.41. The highest BCUT2D eigenvalue weighted by atomic mass is 15.0. The van der Waals surface area contributed by atoms with Crippen molar-refractivity contribution in [3.05, 3.63) is 65.3 Å². The number of nitrogens with two attached hydrogens (primary N) is 2. The van der Waals surface area contributed by atoms with E-state index in [1.54, 1.807) is 0 Å². The van der Waals surface area contributed by atoms with Crippen molar-refractivity contribution in [2.45, 2.75) is 53.4 Å². The molecule has 2 aliphatic carbocycles. The number of nitrogens with zero attached hydrogens (tertiary/aromatic N) is 1. The van der Waals surface area contributed by atoms with Crippen molar-refractivity contribution in [1.29, 1.82) is 0 Å². The molecular formula is C25H35N3. The van der Waals surface area contributed by atoms with E-state index in [1.165, 1.54) is 44.1 Å². The number of allylic oxidation sites excluding steroid dienone is 4. The van der Waals surface area contributed by atoms with Crippen molar-refractivity contribution in [3.63, 3.8) is 0 Å². The maximum Gasteiger partial charge on any atom is 0.0568 e. The Balaban J connectivity index is 0.000000430. The summed E-state index contributed by atoms with van der Waals surface area (Å²) in [5.41, 5.74) is 8.88. The quantitative estimate of drug-likeness (QED) is 0.361. The summed E-state index contributed by atoms with van der Waals surface area (Å²) in [5.74, 6) is 8.00. The minimum absolute atomic E-state index is 0.127. The molecule has 0 saturated carbocycles. The van der Waals surface area contributed by atoms with Crippen molar-refractivity contribution in [2.75, 3.05) is 0 Å². The third-order valence-electron chi connectivity index (χ3n) is 5.65. The Hall–Kier alpha value is -2.36. The SMILES string of the molecule is CC.CC.Cn1c2ccccc2c2ccc3c(c21)C1=C(C=CC1)C3(C)C.NN. The van der Waals surface area contributed by atoms with Crippen molar-refractivity contribution in [3.8, 4) is 0 Å². The van der Waals surface area contributed by atoms with Gasteiger partial charge in [-0.3, -0.25) is 11.7 Å². The fraction of sp³-hybridized carbons (Fsp3) is 0.360. The summed E-state index contributed by atoms with van der Waals surface area (Å²) >= 11 is 0. The molecule has 0 bridgehead atoms. The summed E-state index contributed by atoms with van der Waals surface area (Å²) in [6.07, 6.45) is 5.73. The van der Waals surface area contributed by atoms with Gasteiger partial charge in [0, 0.05) is 34.3 Å². The average molecular weight is 378 g/mol. The molecule has 28 heavy (non-hydrogen) atoms. The van der Waals surface area contributed by atoms with Crippen molar-refractivity contribution in [2.24, 2.45) is 18.7 Å². The van der Waals surface area contributed by atoms with Crippen LogP contribution in [0.1, 0.15) is 59.1 Å². The highest BCUT2D eigenvalue weighted by Gasteiger charge is 2.39. The maximum absolute atomic E-state index is 4.00. The first kappa shape index (κ1) is 21.9. The summed E-state index contributed by atoms with van der Waals surface area (Å²) in [6.45, 7) is 12.7. The standard InChI is InChI=1S/C21H19N.2C2H6.H4N2/c1-21(2)16-9-6-8-15(16)19-17(21)12-11-14-13-7-4-5-10-18(13)22(3)20(14)19;3*1-2/h4-7,9-12H,8H2,1-3H3;2*1-2H3;1-2H2. The smallest absolute Gasteiger partial charge is 0.0568 e. The normalized spacial score (nSPS) is 15.2. The number of hydrogen-bond acceptors (Lipinski definition) is 2. The van der Waals surface area contributed by atoms with E-state index in [9.17, 15) is 0 Å². The molecule has 3 heteroatoms. The summed E-state index contributed by atoms with van der Waals surface area (Å²) in [6, 6.07) is 13.4. The lowest BCUT2D eigenvalue weighted by Crippen LogP contribution is -2.15. The van der Waals surface area contributed by atoms with Gasteiger partial charge >= 0.3 is 0 Å². The van der Waals surface area contributed by atoms with Crippen LogP contribution in [0, 0.1) is 0 Å².